The number of carbonyl (C=O) groups is 1. The van der Waals surface area contributed by atoms with Gasteiger partial charge < -0.3 is 4.90 Å². The third-order valence-corrected chi connectivity index (χ3v) is 3.61. The van der Waals surface area contributed by atoms with Crippen LogP contribution in [0.15, 0.2) is 18.3 Å². The van der Waals surface area contributed by atoms with E-state index in [1.807, 2.05) is 24.0 Å². The number of H-pyrrole nitrogens is 1. The van der Waals surface area contributed by atoms with Crippen molar-refractivity contribution in [2.45, 2.75) is 26.8 Å². The maximum atomic E-state index is 11.5. The van der Waals surface area contributed by atoms with Crippen LogP contribution in [-0.4, -0.2) is 32.5 Å². The molecule has 0 spiro atoms. The SMILES string of the molecule is CC(=O)N1CCc2[nH]nc(-c3ncccc3C)c2C1. The van der Waals surface area contributed by atoms with E-state index in [1.165, 1.54) is 0 Å². The molecule has 98 valence electrons. The van der Waals surface area contributed by atoms with E-state index in [1.54, 1.807) is 13.1 Å². The average molecular weight is 256 g/mol. The zero-order chi connectivity index (χ0) is 13.4. The van der Waals surface area contributed by atoms with Gasteiger partial charge in [0.15, 0.2) is 0 Å². The van der Waals surface area contributed by atoms with E-state index < -0.39 is 0 Å². The molecule has 3 rings (SSSR count). The minimum absolute atomic E-state index is 0.107. The molecular weight excluding hydrogens is 240 g/mol. The molecule has 2 aromatic heterocycles. The van der Waals surface area contributed by atoms with Crippen LogP contribution in [0, 0.1) is 6.92 Å². The molecule has 0 bridgehead atoms. The first-order chi connectivity index (χ1) is 9.16. The summed E-state index contributed by atoms with van der Waals surface area (Å²) in [5, 5.41) is 7.48. The summed E-state index contributed by atoms with van der Waals surface area (Å²) in [6.45, 7) is 5.00. The third-order valence-electron chi connectivity index (χ3n) is 3.61. The van der Waals surface area contributed by atoms with Gasteiger partial charge in [-0.2, -0.15) is 5.10 Å². The standard InChI is InChI=1S/C14H16N4O/c1-9-4-3-6-15-13(9)14-11-8-18(10(2)19)7-5-12(11)16-17-14/h3-4,6H,5,7-8H2,1-2H3,(H,16,17). The Bertz CT molecular complexity index is 632. The molecule has 2 aromatic rings. The van der Waals surface area contributed by atoms with E-state index in [2.05, 4.69) is 15.2 Å². The lowest BCUT2D eigenvalue weighted by atomic mass is 10.0. The lowest BCUT2D eigenvalue weighted by molar-refractivity contribution is -0.129. The molecule has 0 saturated heterocycles. The van der Waals surface area contributed by atoms with Crippen LogP contribution in [0.1, 0.15) is 23.7 Å². The summed E-state index contributed by atoms with van der Waals surface area (Å²) in [6.07, 6.45) is 2.60. The van der Waals surface area contributed by atoms with Gasteiger partial charge in [-0.3, -0.25) is 14.9 Å². The van der Waals surface area contributed by atoms with Gasteiger partial charge in [0.25, 0.3) is 0 Å². The fraction of sp³-hybridized carbons (Fsp3) is 0.357. The molecule has 0 unspecified atom stereocenters. The first-order valence-corrected chi connectivity index (χ1v) is 6.40. The van der Waals surface area contributed by atoms with Gasteiger partial charge in [0, 0.05) is 43.9 Å². The zero-order valence-electron chi connectivity index (χ0n) is 11.1. The van der Waals surface area contributed by atoms with Crippen LogP contribution < -0.4 is 0 Å². The predicted molar refractivity (Wildman–Crippen MR) is 71.4 cm³/mol. The Balaban J connectivity index is 2.04. The monoisotopic (exact) mass is 256 g/mol. The Morgan fingerprint density at radius 3 is 3.00 bits per heavy atom. The molecule has 1 N–H and O–H groups in total. The molecule has 5 heteroatoms. The van der Waals surface area contributed by atoms with Gasteiger partial charge in [-0.05, 0) is 18.6 Å². The summed E-state index contributed by atoms with van der Waals surface area (Å²) in [5.74, 6) is 0.107. The fourth-order valence-corrected chi connectivity index (χ4v) is 2.49. The summed E-state index contributed by atoms with van der Waals surface area (Å²) < 4.78 is 0. The number of hydrogen-bond acceptors (Lipinski definition) is 3. The number of pyridine rings is 1. The quantitative estimate of drug-likeness (QED) is 0.844. The molecule has 1 aliphatic rings. The van der Waals surface area contributed by atoms with E-state index in [9.17, 15) is 4.79 Å². The van der Waals surface area contributed by atoms with E-state index >= 15 is 0 Å². The Kier molecular flexibility index (Phi) is 2.81. The van der Waals surface area contributed by atoms with Crippen LogP contribution in [0.25, 0.3) is 11.4 Å². The van der Waals surface area contributed by atoms with Crippen molar-refractivity contribution in [3.63, 3.8) is 0 Å². The maximum Gasteiger partial charge on any atom is 0.219 e. The Labute approximate surface area is 111 Å². The normalized spacial score (nSPS) is 14.3. The second-order valence-corrected chi connectivity index (χ2v) is 4.89. The van der Waals surface area contributed by atoms with Gasteiger partial charge in [-0.25, -0.2) is 0 Å². The molecule has 3 heterocycles. The summed E-state index contributed by atoms with van der Waals surface area (Å²) in [5.41, 5.74) is 5.09. The molecule has 0 atom stereocenters. The average Bonchev–Trinajstić information content (AvgIpc) is 2.82. The van der Waals surface area contributed by atoms with Gasteiger partial charge in [0.2, 0.25) is 5.91 Å². The Morgan fingerprint density at radius 2 is 2.26 bits per heavy atom. The van der Waals surface area contributed by atoms with Gasteiger partial charge in [0.1, 0.15) is 5.69 Å². The fourth-order valence-electron chi connectivity index (χ4n) is 2.49. The first kappa shape index (κ1) is 11.9. The van der Waals surface area contributed by atoms with Crippen molar-refractivity contribution in [3.8, 4) is 11.4 Å². The topological polar surface area (TPSA) is 61.9 Å². The second-order valence-electron chi connectivity index (χ2n) is 4.89. The predicted octanol–water partition coefficient (Wildman–Crippen LogP) is 1.68. The number of nitrogens with one attached hydrogen (secondary N) is 1. The van der Waals surface area contributed by atoms with E-state index in [4.69, 9.17) is 0 Å². The van der Waals surface area contributed by atoms with E-state index in [0.717, 1.165) is 41.2 Å². The molecule has 0 saturated carbocycles. The molecule has 19 heavy (non-hydrogen) atoms. The number of aromatic amines is 1. The highest BCUT2D eigenvalue weighted by Gasteiger charge is 2.24. The highest BCUT2D eigenvalue weighted by Crippen LogP contribution is 2.28. The second kappa shape index (κ2) is 4.50. The highest BCUT2D eigenvalue weighted by molar-refractivity contribution is 5.74. The summed E-state index contributed by atoms with van der Waals surface area (Å²) in [6, 6.07) is 3.94. The van der Waals surface area contributed by atoms with E-state index in [-0.39, 0.29) is 5.91 Å². The molecule has 5 nitrogen and oxygen atoms in total. The molecule has 0 aromatic carbocycles. The van der Waals surface area contributed by atoms with Gasteiger partial charge >= 0.3 is 0 Å². The van der Waals surface area contributed by atoms with Crippen LogP contribution in [0.3, 0.4) is 0 Å². The first-order valence-electron chi connectivity index (χ1n) is 6.40. The van der Waals surface area contributed by atoms with Crippen molar-refractivity contribution >= 4 is 5.91 Å². The summed E-state index contributed by atoms with van der Waals surface area (Å²) >= 11 is 0. The van der Waals surface area contributed by atoms with Gasteiger partial charge in [-0.15, -0.1) is 0 Å². The largest absolute Gasteiger partial charge is 0.338 e. The van der Waals surface area contributed by atoms with Gasteiger partial charge in [0.05, 0.1) is 5.69 Å². The molecule has 0 fully saturated rings. The van der Waals surface area contributed by atoms with E-state index in [0.29, 0.717) is 6.54 Å². The number of aromatic nitrogens is 3. The van der Waals surface area contributed by atoms with Crippen molar-refractivity contribution in [1.82, 2.24) is 20.1 Å². The molecule has 0 aliphatic carbocycles. The minimum Gasteiger partial charge on any atom is -0.338 e. The van der Waals surface area contributed by atoms with Crippen LogP contribution in [0.2, 0.25) is 0 Å². The Hall–Kier alpha value is -2.17. The van der Waals surface area contributed by atoms with Crippen LogP contribution in [-0.2, 0) is 17.8 Å². The minimum atomic E-state index is 0.107. The van der Waals surface area contributed by atoms with Crippen LogP contribution >= 0.6 is 0 Å². The third kappa shape index (κ3) is 2.01. The molecule has 1 amide bonds. The molecule has 1 aliphatic heterocycles. The number of hydrogen-bond donors (Lipinski definition) is 1. The number of rotatable bonds is 1. The van der Waals surface area contributed by atoms with Crippen molar-refractivity contribution in [1.29, 1.82) is 0 Å². The zero-order valence-corrected chi connectivity index (χ0v) is 11.1. The summed E-state index contributed by atoms with van der Waals surface area (Å²) in [7, 11) is 0. The van der Waals surface area contributed by atoms with Crippen molar-refractivity contribution in [2.75, 3.05) is 6.54 Å². The van der Waals surface area contributed by atoms with Crippen molar-refractivity contribution in [3.05, 3.63) is 35.2 Å². The number of carbonyl (C=O) groups excluding carboxylic acids is 1. The molecule has 0 radical (unpaired) electrons. The van der Waals surface area contributed by atoms with Crippen LogP contribution in [0.5, 0.6) is 0 Å². The maximum absolute atomic E-state index is 11.5. The van der Waals surface area contributed by atoms with Crippen molar-refractivity contribution < 1.29 is 4.79 Å². The number of amides is 1. The molecular formula is C14H16N4O. The number of aryl methyl sites for hydroxylation is 1. The van der Waals surface area contributed by atoms with Crippen LogP contribution in [0.4, 0.5) is 0 Å². The number of nitrogens with zero attached hydrogens (tertiary/aromatic N) is 3. The van der Waals surface area contributed by atoms with Gasteiger partial charge in [-0.1, -0.05) is 6.07 Å². The lowest BCUT2D eigenvalue weighted by Gasteiger charge is -2.25. The summed E-state index contributed by atoms with van der Waals surface area (Å²) in [4.78, 5) is 17.8. The smallest absolute Gasteiger partial charge is 0.219 e. The highest BCUT2D eigenvalue weighted by atomic mass is 16.2. The Morgan fingerprint density at radius 1 is 1.42 bits per heavy atom. The number of fused-ring (bicyclic) bond motifs is 1. The van der Waals surface area contributed by atoms with Crippen molar-refractivity contribution in [2.24, 2.45) is 0 Å². The lowest BCUT2D eigenvalue weighted by Crippen LogP contribution is -2.34.